The molecule has 1 aliphatic rings. The summed E-state index contributed by atoms with van der Waals surface area (Å²) in [5.74, 6) is -0.224. The molecule has 1 aliphatic heterocycles. The minimum absolute atomic E-state index is 0.0262. The van der Waals surface area contributed by atoms with Gasteiger partial charge in [-0.1, -0.05) is 0 Å². The van der Waals surface area contributed by atoms with Gasteiger partial charge in [-0.25, -0.2) is 4.98 Å². The standard InChI is InChI=1S/C12H17N5O4/c1-5-6(2-3-18)8(19)11(21-5)17-4-14-7-9(17)15-12(13)16-10(7)20/h4-6,8,11,18-19H,2-3H2,1H3,(H3,13,15,16,20)/t5-,6-,8-,11-/m1/s1. The Morgan fingerprint density at radius 2 is 2.33 bits per heavy atom. The summed E-state index contributed by atoms with van der Waals surface area (Å²) in [7, 11) is 0. The number of nitrogens with two attached hydrogens (primary N) is 1. The molecule has 1 saturated heterocycles. The molecule has 0 radical (unpaired) electrons. The zero-order chi connectivity index (χ0) is 15.1. The zero-order valence-corrected chi connectivity index (χ0v) is 11.4. The number of aliphatic hydroxyl groups excluding tert-OH is 2. The molecule has 3 rings (SSSR count). The van der Waals surface area contributed by atoms with Crippen LogP contribution in [0.1, 0.15) is 19.6 Å². The van der Waals surface area contributed by atoms with Gasteiger partial charge in [-0.05, 0) is 13.3 Å². The number of aromatic amines is 1. The lowest BCUT2D eigenvalue weighted by atomic mass is 9.96. The first kappa shape index (κ1) is 14.0. The SMILES string of the molecule is C[C@H]1O[C@@H](n2cnc3c(=O)[nH]c(N)nc32)[C@H](O)[C@@H]1CCO. The topological polar surface area (TPSA) is 139 Å². The number of aliphatic hydroxyl groups is 2. The summed E-state index contributed by atoms with van der Waals surface area (Å²) < 4.78 is 7.24. The molecular weight excluding hydrogens is 278 g/mol. The fourth-order valence-corrected chi connectivity index (χ4v) is 2.80. The first-order chi connectivity index (χ1) is 10.0. The number of hydrogen-bond acceptors (Lipinski definition) is 7. The second-order valence-corrected chi connectivity index (χ2v) is 5.17. The maximum Gasteiger partial charge on any atom is 0.280 e. The van der Waals surface area contributed by atoms with Crippen molar-refractivity contribution in [1.29, 1.82) is 0 Å². The quantitative estimate of drug-likeness (QED) is 0.568. The molecule has 0 bridgehead atoms. The molecule has 2 aromatic rings. The van der Waals surface area contributed by atoms with Crippen molar-refractivity contribution in [3.05, 3.63) is 16.7 Å². The fraction of sp³-hybridized carbons (Fsp3) is 0.583. The van der Waals surface area contributed by atoms with Crippen LogP contribution in [0.15, 0.2) is 11.1 Å². The van der Waals surface area contributed by atoms with Crippen LogP contribution >= 0.6 is 0 Å². The minimum atomic E-state index is -0.827. The van der Waals surface area contributed by atoms with E-state index in [0.29, 0.717) is 6.42 Å². The van der Waals surface area contributed by atoms with Gasteiger partial charge in [0, 0.05) is 12.5 Å². The zero-order valence-electron chi connectivity index (χ0n) is 11.4. The van der Waals surface area contributed by atoms with Crippen LogP contribution in [-0.4, -0.2) is 48.5 Å². The van der Waals surface area contributed by atoms with Gasteiger partial charge in [0.1, 0.15) is 6.10 Å². The lowest BCUT2D eigenvalue weighted by Crippen LogP contribution is -2.26. The van der Waals surface area contributed by atoms with Gasteiger partial charge in [0.05, 0.1) is 12.4 Å². The summed E-state index contributed by atoms with van der Waals surface area (Å²) in [5, 5.41) is 19.5. The van der Waals surface area contributed by atoms with E-state index in [1.165, 1.54) is 10.9 Å². The van der Waals surface area contributed by atoms with Crippen molar-refractivity contribution in [2.45, 2.75) is 31.8 Å². The number of fused-ring (bicyclic) bond motifs is 1. The van der Waals surface area contributed by atoms with E-state index in [-0.39, 0.29) is 35.7 Å². The number of nitrogen functional groups attached to an aromatic ring is 1. The molecule has 114 valence electrons. The number of imidazole rings is 1. The molecule has 0 unspecified atom stereocenters. The molecule has 0 saturated carbocycles. The van der Waals surface area contributed by atoms with Crippen LogP contribution in [0, 0.1) is 5.92 Å². The Morgan fingerprint density at radius 1 is 1.57 bits per heavy atom. The second kappa shape index (κ2) is 5.10. The molecule has 21 heavy (non-hydrogen) atoms. The molecule has 0 amide bonds. The number of H-pyrrole nitrogens is 1. The number of nitrogens with one attached hydrogen (secondary N) is 1. The average Bonchev–Trinajstić information content (AvgIpc) is 2.95. The first-order valence-corrected chi connectivity index (χ1v) is 6.69. The van der Waals surface area contributed by atoms with Gasteiger partial charge in [0.25, 0.3) is 5.56 Å². The number of anilines is 1. The summed E-state index contributed by atoms with van der Waals surface area (Å²) in [4.78, 5) is 22.2. The van der Waals surface area contributed by atoms with Crippen LogP contribution in [0.4, 0.5) is 5.95 Å². The van der Waals surface area contributed by atoms with Gasteiger partial charge < -0.3 is 20.7 Å². The van der Waals surface area contributed by atoms with Gasteiger partial charge >= 0.3 is 0 Å². The Kier molecular flexibility index (Phi) is 3.40. The average molecular weight is 295 g/mol. The molecule has 2 aromatic heterocycles. The normalized spacial score (nSPS) is 29.3. The van der Waals surface area contributed by atoms with Crippen molar-refractivity contribution in [1.82, 2.24) is 19.5 Å². The molecule has 3 heterocycles. The third-order valence-corrected chi connectivity index (χ3v) is 3.88. The molecule has 0 aromatic carbocycles. The van der Waals surface area contributed by atoms with Gasteiger partial charge in [-0.15, -0.1) is 0 Å². The molecule has 9 nitrogen and oxygen atoms in total. The first-order valence-electron chi connectivity index (χ1n) is 6.69. The predicted molar refractivity (Wildman–Crippen MR) is 73.3 cm³/mol. The van der Waals surface area contributed by atoms with Crippen LogP contribution in [0.25, 0.3) is 11.2 Å². The number of rotatable bonds is 3. The highest BCUT2D eigenvalue weighted by molar-refractivity contribution is 5.70. The van der Waals surface area contributed by atoms with Crippen LogP contribution < -0.4 is 11.3 Å². The highest BCUT2D eigenvalue weighted by atomic mass is 16.5. The Labute approximate surface area is 119 Å². The van der Waals surface area contributed by atoms with Crippen molar-refractivity contribution in [2.75, 3.05) is 12.3 Å². The number of aromatic nitrogens is 4. The third kappa shape index (κ3) is 2.19. The molecular formula is C12H17N5O4. The van der Waals surface area contributed by atoms with Crippen LogP contribution in [0.5, 0.6) is 0 Å². The molecule has 9 heteroatoms. The summed E-state index contributed by atoms with van der Waals surface area (Å²) >= 11 is 0. The van der Waals surface area contributed by atoms with Crippen molar-refractivity contribution in [3.63, 3.8) is 0 Å². The van der Waals surface area contributed by atoms with Gasteiger partial charge in [-0.2, -0.15) is 4.98 Å². The van der Waals surface area contributed by atoms with E-state index in [9.17, 15) is 9.90 Å². The van der Waals surface area contributed by atoms with E-state index >= 15 is 0 Å². The van der Waals surface area contributed by atoms with Crippen LogP contribution in [-0.2, 0) is 4.74 Å². The summed E-state index contributed by atoms with van der Waals surface area (Å²) in [6.45, 7) is 1.80. The molecule has 5 N–H and O–H groups in total. The van der Waals surface area contributed by atoms with Crippen molar-refractivity contribution in [3.8, 4) is 0 Å². The number of hydrogen-bond donors (Lipinski definition) is 4. The number of ether oxygens (including phenoxy) is 1. The highest BCUT2D eigenvalue weighted by Gasteiger charge is 2.42. The lowest BCUT2D eigenvalue weighted by Gasteiger charge is -2.18. The van der Waals surface area contributed by atoms with E-state index < -0.39 is 17.9 Å². The van der Waals surface area contributed by atoms with Crippen molar-refractivity contribution >= 4 is 17.1 Å². The Balaban J connectivity index is 2.03. The monoisotopic (exact) mass is 295 g/mol. The Bertz CT molecular complexity index is 711. The van der Waals surface area contributed by atoms with E-state index in [1.807, 2.05) is 6.92 Å². The fourth-order valence-electron chi connectivity index (χ4n) is 2.80. The van der Waals surface area contributed by atoms with Gasteiger partial charge in [-0.3, -0.25) is 14.3 Å². The predicted octanol–water partition coefficient (Wildman–Crippen LogP) is -1.02. The van der Waals surface area contributed by atoms with E-state index in [0.717, 1.165) is 0 Å². The third-order valence-electron chi connectivity index (χ3n) is 3.88. The summed E-state index contributed by atoms with van der Waals surface area (Å²) in [6, 6.07) is 0. The van der Waals surface area contributed by atoms with Gasteiger partial charge in [0.2, 0.25) is 5.95 Å². The lowest BCUT2D eigenvalue weighted by molar-refractivity contribution is -0.0298. The van der Waals surface area contributed by atoms with E-state index in [4.69, 9.17) is 15.6 Å². The van der Waals surface area contributed by atoms with Crippen LogP contribution in [0.3, 0.4) is 0 Å². The van der Waals surface area contributed by atoms with E-state index in [2.05, 4.69) is 15.0 Å². The largest absolute Gasteiger partial charge is 0.396 e. The maximum atomic E-state index is 11.8. The Hall–Kier alpha value is -1.97. The molecule has 0 spiro atoms. The molecule has 0 aliphatic carbocycles. The Morgan fingerprint density at radius 3 is 3.05 bits per heavy atom. The smallest absolute Gasteiger partial charge is 0.280 e. The second-order valence-electron chi connectivity index (χ2n) is 5.17. The molecule has 1 fully saturated rings. The highest BCUT2D eigenvalue weighted by Crippen LogP contribution is 2.36. The minimum Gasteiger partial charge on any atom is -0.396 e. The summed E-state index contributed by atoms with van der Waals surface area (Å²) in [5.41, 5.74) is 5.50. The maximum absolute atomic E-state index is 11.8. The van der Waals surface area contributed by atoms with E-state index in [1.54, 1.807) is 0 Å². The van der Waals surface area contributed by atoms with Crippen molar-refractivity contribution < 1.29 is 14.9 Å². The van der Waals surface area contributed by atoms with Crippen LogP contribution in [0.2, 0.25) is 0 Å². The van der Waals surface area contributed by atoms with Gasteiger partial charge in [0.15, 0.2) is 17.4 Å². The summed E-state index contributed by atoms with van der Waals surface area (Å²) in [6.07, 6.45) is 0.0617. The van der Waals surface area contributed by atoms with Crippen molar-refractivity contribution in [2.24, 2.45) is 5.92 Å². The number of nitrogens with zero attached hydrogens (tertiary/aromatic N) is 3. The molecule has 4 atom stereocenters.